The van der Waals surface area contributed by atoms with Crippen LogP contribution in [0.5, 0.6) is 11.5 Å². The summed E-state index contributed by atoms with van der Waals surface area (Å²) in [4.78, 5) is 69.2. The zero-order valence-corrected chi connectivity index (χ0v) is 35.1. The molecule has 18 nitrogen and oxygen atoms in total. The molecule has 1 saturated heterocycles. The number of anilines is 1. The van der Waals surface area contributed by atoms with Gasteiger partial charge in [0.1, 0.15) is 39.7 Å². The summed E-state index contributed by atoms with van der Waals surface area (Å²) >= 11 is 0.759. The number of carbonyl (C=O) groups is 4. The lowest BCUT2D eigenvalue weighted by atomic mass is 10.1. The van der Waals surface area contributed by atoms with Gasteiger partial charge in [-0.1, -0.05) is 0 Å². The predicted molar refractivity (Wildman–Crippen MR) is 202 cm³/mol. The summed E-state index contributed by atoms with van der Waals surface area (Å²) in [5.74, 6) is -0.764. The summed E-state index contributed by atoms with van der Waals surface area (Å²) in [6, 6.07) is 5.81. The Morgan fingerprint density at radius 1 is 0.911 bits per heavy atom. The average molecular weight is 833 g/mol. The van der Waals surface area contributed by atoms with E-state index in [2.05, 4.69) is 10.1 Å². The molecule has 1 aromatic heterocycles. The lowest BCUT2D eigenvalue weighted by Crippen LogP contribution is -2.45. The highest BCUT2D eigenvalue weighted by molar-refractivity contribution is 8.00. The van der Waals surface area contributed by atoms with Crippen molar-refractivity contribution in [2.45, 2.75) is 115 Å². The van der Waals surface area contributed by atoms with E-state index in [1.54, 1.807) is 62.3 Å². The van der Waals surface area contributed by atoms with E-state index >= 15 is 4.39 Å². The van der Waals surface area contributed by atoms with E-state index in [4.69, 9.17) is 37.5 Å². The van der Waals surface area contributed by atoms with Gasteiger partial charge in [-0.15, -0.1) is 11.8 Å². The minimum absolute atomic E-state index is 0.0464. The van der Waals surface area contributed by atoms with Crippen molar-refractivity contribution < 1.29 is 65.6 Å². The zero-order valence-electron chi connectivity index (χ0n) is 33.3. The number of nitrogens with zero attached hydrogens (tertiary/aromatic N) is 3. The van der Waals surface area contributed by atoms with Crippen LogP contribution >= 0.6 is 19.5 Å². The number of rotatable bonds is 12. The first-order valence-corrected chi connectivity index (χ1v) is 19.7. The van der Waals surface area contributed by atoms with Crippen LogP contribution in [0.1, 0.15) is 74.6 Å². The minimum atomic E-state index is -4.50. The second kappa shape index (κ2) is 18.3. The van der Waals surface area contributed by atoms with Crippen molar-refractivity contribution in [1.82, 2.24) is 14.6 Å². The molecule has 0 spiro atoms. The Morgan fingerprint density at radius 2 is 1.45 bits per heavy atom. The molecule has 0 bridgehead atoms. The molecule has 0 saturated carbocycles. The molecule has 21 heteroatoms. The normalized spacial score (nSPS) is 20.2. The SMILES string of the molecule is COC(=O)C(C)NP(=O)(OC[C@H]1S[C@@H](n2ccc(N(C(=O)OC(C)(C)C)C(=O)OC(C)(C)C)nc2=O)[C@@H](F)[C@@H]1OC(=O)OC(C)(C)C)Oc1ccc(OC)cc1. The molecule has 2 amide bonds. The van der Waals surface area contributed by atoms with Gasteiger partial charge in [-0.05, 0) is 99.6 Å². The van der Waals surface area contributed by atoms with Crippen LogP contribution in [0.4, 0.5) is 24.6 Å². The maximum absolute atomic E-state index is 16.5. The van der Waals surface area contributed by atoms with Crippen molar-refractivity contribution in [2.75, 3.05) is 25.7 Å². The highest BCUT2D eigenvalue weighted by Crippen LogP contribution is 2.50. The van der Waals surface area contributed by atoms with Crippen molar-refractivity contribution in [3.63, 3.8) is 0 Å². The number of halogens is 1. The van der Waals surface area contributed by atoms with Gasteiger partial charge >= 0.3 is 37.7 Å². The quantitative estimate of drug-likeness (QED) is 0.136. The number of imide groups is 1. The molecule has 0 radical (unpaired) electrons. The molecule has 2 unspecified atom stereocenters. The van der Waals surface area contributed by atoms with E-state index in [1.165, 1.54) is 38.3 Å². The molecule has 1 fully saturated rings. The number of esters is 1. The number of carbonyl (C=O) groups excluding carboxylic acids is 4. The van der Waals surface area contributed by atoms with E-state index < -0.39 is 95.9 Å². The van der Waals surface area contributed by atoms with Gasteiger partial charge in [-0.3, -0.25) is 13.9 Å². The first kappa shape index (κ1) is 46.0. The number of amides is 2. The van der Waals surface area contributed by atoms with E-state index in [-0.39, 0.29) is 5.75 Å². The maximum atomic E-state index is 16.5. The summed E-state index contributed by atoms with van der Waals surface area (Å²) in [7, 11) is -1.92. The largest absolute Gasteiger partial charge is 0.509 e. The number of hydrogen-bond acceptors (Lipinski definition) is 16. The molecule has 2 heterocycles. The Labute approximate surface area is 328 Å². The molecule has 56 heavy (non-hydrogen) atoms. The number of ether oxygens (including phenoxy) is 6. The first-order valence-electron chi connectivity index (χ1n) is 17.2. The van der Waals surface area contributed by atoms with Gasteiger partial charge in [0.25, 0.3) is 0 Å². The van der Waals surface area contributed by atoms with Crippen LogP contribution < -0.4 is 24.9 Å². The van der Waals surface area contributed by atoms with Crippen molar-refractivity contribution in [3.8, 4) is 11.5 Å². The third-order valence-corrected chi connectivity index (χ3v) is 10.1. The molecule has 1 N–H and O–H groups in total. The standard InChI is InChI=1S/C35H50FN4O14PS/c1-20(28(41)48-12)38-55(46,54-22-15-13-21(47-11)14-16-22)49-19-23-26(50-32(45)53-35(8,9)10)25(36)27(56-23)39-18-17-24(37-29(39)42)40(30(43)51-33(2,3)4)31(44)52-34(5,6)7/h13-18,20,23,25-27H,19H2,1-12H3,(H,38,46)/t20?,23-,25+,26-,27-,55?/m1/s1. The summed E-state index contributed by atoms with van der Waals surface area (Å²) in [5.41, 5.74) is -4.24. The Kier molecular flexibility index (Phi) is 15.0. The third kappa shape index (κ3) is 13.4. The number of methoxy groups -OCH3 is 2. The first-order chi connectivity index (χ1) is 25.7. The van der Waals surface area contributed by atoms with Gasteiger partial charge in [-0.2, -0.15) is 15.0 Å². The lowest BCUT2D eigenvalue weighted by Gasteiger charge is -2.28. The monoisotopic (exact) mass is 832 g/mol. The summed E-state index contributed by atoms with van der Waals surface area (Å²) in [6.07, 6.45) is -6.33. The molecule has 0 aliphatic carbocycles. The van der Waals surface area contributed by atoms with Crippen LogP contribution in [0.15, 0.2) is 41.3 Å². The number of thioether (sulfide) groups is 1. The van der Waals surface area contributed by atoms with Crippen molar-refractivity contribution in [3.05, 3.63) is 47.0 Å². The maximum Gasteiger partial charge on any atom is 0.509 e. The molecule has 1 aliphatic heterocycles. The van der Waals surface area contributed by atoms with E-state index in [9.17, 15) is 28.5 Å². The molecule has 3 rings (SSSR count). The van der Waals surface area contributed by atoms with Crippen molar-refractivity contribution in [1.29, 1.82) is 0 Å². The van der Waals surface area contributed by atoms with Crippen LogP contribution in [0.2, 0.25) is 0 Å². The fourth-order valence-corrected chi connectivity index (χ4v) is 7.76. The molecule has 1 aliphatic rings. The van der Waals surface area contributed by atoms with Gasteiger partial charge in [-0.25, -0.2) is 28.1 Å². The average Bonchev–Trinajstić information content (AvgIpc) is 3.35. The highest BCUT2D eigenvalue weighted by Gasteiger charge is 2.50. The Morgan fingerprint density at radius 3 is 1.93 bits per heavy atom. The smallest absolute Gasteiger partial charge is 0.497 e. The van der Waals surface area contributed by atoms with Crippen LogP contribution in [-0.4, -0.2) is 95.1 Å². The van der Waals surface area contributed by atoms with Crippen LogP contribution in [0.25, 0.3) is 0 Å². The van der Waals surface area contributed by atoms with Gasteiger partial charge in [0.15, 0.2) is 18.1 Å². The Hall–Kier alpha value is -4.39. The van der Waals surface area contributed by atoms with E-state index in [0.29, 0.717) is 10.6 Å². The number of hydrogen-bond donors (Lipinski definition) is 1. The molecule has 2 aromatic rings. The van der Waals surface area contributed by atoms with Gasteiger partial charge in [0.05, 0.1) is 26.1 Å². The second-order valence-corrected chi connectivity index (χ2v) is 18.3. The molecular formula is C35H50FN4O14PS. The van der Waals surface area contributed by atoms with Gasteiger partial charge in [0, 0.05) is 6.20 Å². The number of benzene rings is 1. The second-order valence-electron chi connectivity index (χ2n) is 15.3. The van der Waals surface area contributed by atoms with Gasteiger partial charge in [0.2, 0.25) is 0 Å². The zero-order chi connectivity index (χ0) is 42.4. The van der Waals surface area contributed by atoms with Crippen LogP contribution in [0, 0.1) is 0 Å². The Bertz CT molecular complexity index is 1800. The van der Waals surface area contributed by atoms with Crippen LogP contribution in [-0.2, 0) is 37.6 Å². The van der Waals surface area contributed by atoms with E-state index in [0.717, 1.165) is 35.7 Å². The van der Waals surface area contributed by atoms with Crippen LogP contribution in [0.3, 0.4) is 0 Å². The minimum Gasteiger partial charge on any atom is -0.497 e. The molecular weight excluding hydrogens is 782 g/mol. The topological polar surface area (TPSA) is 209 Å². The number of nitrogens with one attached hydrogen (secondary N) is 1. The molecule has 1 aromatic carbocycles. The predicted octanol–water partition coefficient (Wildman–Crippen LogP) is 6.56. The van der Waals surface area contributed by atoms with E-state index in [1.807, 2.05) is 0 Å². The molecule has 312 valence electrons. The Balaban J connectivity index is 2.01. The number of aromatic nitrogens is 2. The van der Waals surface area contributed by atoms with Crippen molar-refractivity contribution in [2.24, 2.45) is 0 Å². The lowest BCUT2D eigenvalue weighted by molar-refractivity contribution is -0.142. The summed E-state index contributed by atoms with van der Waals surface area (Å²) in [6.45, 7) is 14.8. The fraction of sp³-hybridized carbons (Fsp3) is 0.600. The van der Waals surface area contributed by atoms with Crippen molar-refractivity contribution >= 4 is 49.6 Å². The van der Waals surface area contributed by atoms with Gasteiger partial charge < -0.3 is 32.9 Å². The summed E-state index contributed by atoms with van der Waals surface area (Å²) < 4.78 is 74.2. The molecule has 6 atom stereocenters. The number of alkyl halides is 1. The fourth-order valence-electron chi connectivity index (χ4n) is 4.68. The summed E-state index contributed by atoms with van der Waals surface area (Å²) in [5, 5.41) is -0.154. The third-order valence-electron chi connectivity index (χ3n) is 6.96. The highest BCUT2D eigenvalue weighted by atomic mass is 32.2.